The van der Waals surface area contributed by atoms with E-state index >= 15 is 0 Å². The third-order valence-corrected chi connectivity index (χ3v) is 5.57. The van der Waals surface area contributed by atoms with Crippen LogP contribution in [0.3, 0.4) is 0 Å². The van der Waals surface area contributed by atoms with Crippen molar-refractivity contribution >= 4 is 11.3 Å². The molecule has 6 nitrogen and oxygen atoms in total. The van der Waals surface area contributed by atoms with Crippen LogP contribution in [0.2, 0.25) is 0 Å². The molecule has 1 aromatic carbocycles. The molecule has 4 heterocycles. The number of benzene rings is 1. The molecule has 0 bridgehead atoms. The van der Waals surface area contributed by atoms with Crippen molar-refractivity contribution in [2.75, 3.05) is 6.54 Å². The Morgan fingerprint density at radius 3 is 2.93 bits per heavy atom. The molecule has 1 aliphatic rings. The van der Waals surface area contributed by atoms with Crippen molar-refractivity contribution in [3.05, 3.63) is 58.7 Å². The summed E-state index contributed by atoms with van der Waals surface area (Å²) in [5, 5.41) is 10.3. The van der Waals surface area contributed by atoms with E-state index in [9.17, 15) is 0 Å². The average molecular weight is 375 g/mol. The van der Waals surface area contributed by atoms with Gasteiger partial charge in [0.25, 0.3) is 5.89 Å². The van der Waals surface area contributed by atoms with Gasteiger partial charge in [-0.2, -0.15) is 4.98 Å². The van der Waals surface area contributed by atoms with Crippen molar-refractivity contribution in [3.63, 3.8) is 0 Å². The number of aryl methyl sites for hydroxylation is 1. The van der Waals surface area contributed by atoms with E-state index in [1.54, 1.807) is 0 Å². The zero-order valence-corrected chi connectivity index (χ0v) is 15.6. The van der Waals surface area contributed by atoms with Gasteiger partial charge in [-0.25, -0.2) is 4.98 Å². The maximum Gasteiger partial charge on any atom is 0.287 e. The Hall–Kier alpha value is -2.90. The van der Waals surface area contributed by atoms with Gasteiger partial charge >= 0.3 is 0 Å². The molecule has 0 saturated carbocycles. The normalized spacial score (nSPS) is 13.5. The monoisotopic (exact) mass is 375 g/mol. The van der Waals surface area contributed by atoms with Gasteiger partial charge in [-0.1, -0.05) is 35.5 Å². The van der Waals surface area contributed by atoms with Crippen molar-refractivity contribution in [2.45, 2.75) is 19.9 Å². The summed E-state index contributed by atoms with van der Waals surface area (Å²) in [5.74, 6) is 1.04. The number of nitrogens with one attached hydrogen (secondary N) is 1. The maximum absolute atomic E-state index is 5.54. The molecule has 0 fully saturated rings. The quantitative estimate of drug-likeness (QED) is 0.586. The standard InChI is InChI=1S/C20H17N5OS/c1-12-17(15-7-8-21-9-14(15)10-22-12)18-24-19(26-25-18)20-23-16(11-27-20)13-5-3-2-4-6-13/h2-6,10-11,21H,7-9H2,1H3. The lowest BCUT2D eigenvalue weighted by atomic mass is 9.95. The Bertz CT molecular complexity index is 1100. The second kappa shape index (κ2) is 6.68. The van der Waals surface area contributed by atoms with Crippen LogP contribution in [0.1, 0.15) is 16.8 Å². The van der Waals surface area contributed by atoms with Crippen LogP contribution in [-0.4, -0.2) is 26.7 Å². The van der Waals surface area contributed by atoms with E-state index in [2.05, 4.69) is 25.4 Å². The summed E-state index contributed by atoms with van der Waals surface area (Å²) in [6.07, 6.45) is 2.88. The molecule has 134 valence electrons. The molecule has 27 heavy (non-hydrogen) atoms. The Balaban J connectivity index is 1.52. The predicted octanol–water partition coefficient (Wildman–Crippen LogP) is 3.88. The fraction of sp³-hybridized carbons (Fsp3) is 0.200. The summed E-state index contributed by atoms with van der Waals surface area (Å²) in [6, 6.07) is 10.1. The molecule has 5 rings (SSSR count). The Kier molecular flexibility index (Phi) is 4.03. The van der Waals surface area contributed by atoms with Gasteiger partial charge in [0, 0.05) is 34.9 Å². The van der Waals surface area contributed by atoms with Gasteiger partial charge in [-0.05, 0) is 31.0 Å². The minimum atomic E-state index is 0.447. The van der Waals surface area contributed by atoms with Crippen LogP contribution in [0.4, 0.5) is 0 Å². The molecular weight excluding hydrogens is 358 g/mol. The smallest absolute Gasteiger partial charge is 0.287 e. The number of nitrogens with zero attached hydrogens (tertiary/aromatic N) is 4. The number of thiazole rings is 1. The van der Waals surface area contributed by atoms with Crippen LogP contribution in [0.25, 0.3) is 33.5 Å². The molecule has 0 unspecified atom stereocenters. The summed E-state index contributed by atoms with van der Waals surface area (Å²) < 4.78 is 5.54. The van der Waals surface area contributed by atoms with E-state index in [-0.39, 0.29) is 0 Å². The zero-order chi connectivity index (χ0) is 18.2. The van der Waals surface area contributed by atoms with E-state index in [1.165, 1.54) is 22.5 Å². The topological polar surface area (TPSA) is 76.7 Å². The largest absolute Gasteiger partial charge is 0.331 e. The molecule has 1 N–H and O–H groups in total. The van der Waals surface area contributed by atoms with E-state index in [1.807, 2.05) is 48.8 Å². The molecule has 3 aromatic heterocycles. The SMILES string of the molecule is Cc1ncc2c(c1-c1noc(-c3nc(-c4ccccc4)cs3)n1)CCNC2. The third-order valence-electron chi connectivity index (χ3n) is 4.74. The molecule has 0 aliphatic carbocycles. The number of hydrogen-bond acceptors (Lipinski definition) is 7. The highest BCUT2D eigenvalue weighted by atomic mass is 32.1. The molecule has 7 heteroatoms. The van der Waals surface area contributed by atoms with Gasteiger partial charge in [0.2, 0.25) is 5.82 Å². The second-order valence-electron chi connectivity index (χ2n) is 6.48. The van der Waals surface area contributed by atoms with E-state index < -0.39 is 0 Å². The van der Waals surface area contributed by atoms with Crippen molar-refractivity contribution < 1.29 is 4.52 Å². The molecule has 4 aromatic rings. The highest BCUT2D eigenvalue weighted by molar-refractivity contribution is 7.13. The first-order valence-electron chi connectivity index (χ1n) is 8.83. The van der Waals surface area contributed by atoms with Crippen LogP contribution in [0.5, 0.6) is 0 Å². The fourth-order valence-corrected chi connectivity index (χ4v) is 4.14. The highest BCUT2D eigenvalue weighted by Crippen LogP contribution is 2.32. The molecule has 0 atom stereocenters. The van der Waals surface area contributed by atoms with Gasteiger partial charge < -0.3 is 9.84 Å². The van der Waals surface area contributed by atoms with Crippen LogP contribution in [-0.2, 0) is 13.0 Å². The van der Waals surface area contributed by atoms with E-state index in [0.29, 0.717) is 11.7 Å². The van der Waals surface area contributed by atoms with Crippen molar-refractivity contribution in [1.82, 2.24) is 25.4 Å². The minimum Gasteiger partial charge on any atom is -0.331 e. The summed E-state index contributed by atoms with van der Waals surface area (Å²) in [6.45, 7) is 3.76. The predicted molar refractivity (Wildman–Crippen MR) is 104 cm³/mol. The van der Waals surface area contributed by atoms with Crippen LogP contribution in [0, 0.1) is 6.92 Å². The number of hydrogen-bond donors (Lipinski definition) is 1. The average Bonchev–Trinajstić information content (AvgIpc) is 3.38. The lowest BCUT2D eigenvalue weighted by molar-refractivity contribution is 0.432. The first-order chi connectivity index (χ1) is 13.3. The van der Waals surface area contributed by atoms with Crippen LogP contribution in [0.15, 0.2) is 46.4 Å². The number of aromatic nitrogens is 4. The number of pyridine rings is 1. The summed E-state index contributed by atoms with van der Waals surface area (Å²) in [7, 11) is 0. The minimum absolute atomic E-state index is 0.447. The second-order valence-corrected chi connectivity index (χ2v) is 7.33. The van der Waals surface area contributed by atoms with Gasteiger partial charge in [-0.3, -0.25) is 4.98 Å². The lowest BCUT2D eigenvalue weighted by Gasteiger charge is -2.19. The highest BCUT2D eigenvalue weighted by Gasteiger charge is 2.22. The van der Waals surface area contributed by atoms with Gasteiger partial charge in [0.15, 0.2) is 5.01 Å². The molecule has 0 radical (unpaired) electrons. The third kappa shape index (κ3) is 2.94. The molecular formula is C20H17N5OS. The Morgan fingerprint density at radius 1 is 1.15 bits per heavy atom. The molecule has 1 aliphatic heterocycles. The van der Waals surface area contributed by atoms with Crippen molar-refractivity contribution in [2.24, 2.45) is 0 Å². The Morgan fingerprint density at radius 2 is 2.04 bits per heavy atom. The zero-order valence-electron chi connectivity index (χ0n) is 14.8. The lowest BCUT2D eigenvalue weighted by Crippen LogP contribution is -2.24. The Labute approximate surface area is 160 Å². The molecule has 0 amide bonds. The fourth-order valence-electron chi connectivity index (χ4n) is 3.39. The van der Waals surface area contributed by atoms with Crippen molar-refractivity contribution in [3.8, 4) is 33.5 Å². The summed E-state index contributed by atoms with van der Waals surface area (Å²) >= 11 is 1.51. The maximum atomic E-state index is 5.54. The molecule has 0 saturated heterocycles. The van der Waals surface area contributed by atoms with E-state index in [0.717, 1.165) is 47.0 Å². The van der Waals surface area contributed by atoms with Gasteiger partial charge in [0.05, 0.1) is 5.69 Å². The number of fused-ring (bicyclic) bond motifs is 1. The molecule has 0 spiro atoms. The van der Waals surface area contributed by atoms with Gasteiger partial charge in [0.1, 0.15) is 0 Å². The van der Waals surface area contributed by atoms with Crippen molar-refractivity contribution in [1.29, 1.82) is 0 Å². The first kappa shape index (κ1) is 16.3. The first-order valence-corrected chi connectivity index (χ1v) is 9.71. The number of rotatable bonds is 3. The van der Waals surface area contributed by atoms with Crippen LogP contribution >= 0.6 is 11.3 Å². The van der Waals surface area contributed by atoms with Crippen LogP contribution < -0.4 is 5.32 Å². The van der Waals surface area contributed by atoms with Gasteiger partial charge in [-0.15, -0.1) is 11.3 Å². The van der Waals surface area contributed by atoms with E-state index in [4.69, 9.17) is 4.52 Å². The summed E-state index contributed by atoms with van der Waals surface area (Å²) in [4.78, 5) is 13.8. The summed E-state index contributed by atoms with van der Waals surface area (Å²) in [5.41, 5.74) is 6.36.